The minimum Gasteiger partial charge on any atom is -0.399 e. The fourth-order valence-corrected chi connectivity index (χ4v) is 2.71. The average Bonchev–Trinajstić information content (AvgIpc) is 2.39. The minimum atomic E-state index is -0.734. The van der Waals surface area contributed by atoms with Crippen LogP contribution >= 0.6 is 46.4 Å². The van der Waals surface area contributed by atoms with Crippen LogP contribution < -0.4 is 5.73 Å². The molecule has 2 aromatic carbocycles. The molecule has 0 unspecified atom stereocenters. The zero-order valence-electron chi connectivity index (χ0n) is 9.68. The Balaban J connectivity index is 2.66. The van der Waals surface area contributed by atoms with Crippen LogP contribution in [-0.2, 0) is 0 Å². The van der Waals surface area contributed by atoms with E-state index in [1.54, 1.807) is 0 Å². The van der Waals surface area contributed by atoms with Gasteiger partial charge in [-0.05, 0) is 24.3 Å². The molecule has 0 aliphatic carbocycles. The van der Waals surface area contributed by atoms with Gasteiger partial charge < -0.3 is 5.73 Å². The Bertz CT molecular complexity index is 718. The second kappa shape index (κ2) is 5.78. The van der Waals surface area contributed by atoms with Gasteiger partial charge in [-0.3, -0.25) is 4.79 Å². The minimum absolute atomic E-state index is 0.0174. The molecule has 0 saturated heterocycles. The van der Waals surface area contributed by atoms with Crippen molar-refractivity contribution in [3.63, 3.8) is 0 Å². The molecule has 7 heteroatoms. The summed E-state index contributed by atoms with van der Waals surface area (Å²) in [6.07, 6.45) is 0. The Morgan fingerprint density at radius 2 is 1.65 bits per heavy atom. The highest BCUT2D eigenvalue weighted by atomic mass is 35.5. The highest BCUT2D eigenvalue weighted by Gasteiger charge is 2.23. The molecular weight excluding hydrogens is 347 g/mol. The summed E-state index contributed by atoms with van der Waals surface area (Å²) in [5.41, 5.74) is 5.42. The molecule has 0 spiro atoms. The Morgan fingerprint density at radius 3 is 2.30 bits per heavy atom. The number of benzene rings is 2. The van der Waals surface area contributed by atoms with Crippen molar-refractivity contribution in [2.75, 3.05) is 5.73 Å². The third kappa shape index (κ3) is 2.72. The quantitative estimate of drug-likeness (QED) is 0.347. The van der Waals surface area contributed by atoms with Gasteiger partial charge in [0.05, 0.1) is 31.2 Å². The molecule has 0 fully saturated rings. The lowest BCUT2D eigenvalue weighted by Gasteiger charge is -2.10. The second-order valence-electron chi connectivity index (χ2n) is 3.91. The maximum absolute atomic E-state index is 13.7. The maximum Gasteiger partial charge on any atom is 0.199 e. The van der Waals surface area contributed by atoms with Gasteiger partial charge >= 0.3 is 0 Å². The molecule has 0 aliphatic rings. The smallest absolute Gasteiger partial charge is 0.199 e. The highest BCUT2D eigenvalue weighted by Crippen LogP contribution is 2.38. The Morgan fingerprint density at radius 1 is 1.00 bits per heavy atom. The number of nitrogens with two attached hydrogens (primary N) is 1. The van der Waals surface area contributed by atoms with Crippen LogP contribution in [0.15, 0.2) is 24.3 Å². The first-order chi connectivity index (χ1) is 9.32. The number of nitrogen functional groups attached to an aromatic ring is 1. The van der Waals surface area contributed by atoms with Crippen molar-refractivity contribution in [3.05, 3.63) is 61.3 Å². The highest BCUT2D eigenvalue weighted by molar-refractivity contribution is 6.51. The fourth-order valence-electron chi connectivity index (χ4n) is 1.63. The summed E-state index contributed by atoms with van der Waals surface area (Å²) in [7, 11) is 0. The van der Waals surface area contributed by atoms with Gasteiger partial charge in [0.1, 0.15) is 5.82 Å². The third-order valence-corrected chi connectivity index (χ3v) is 4.14. The molecule has 0 amide bonds. The van der Waals surface area contributed by atoms with Crippen molar-refractivity contribution >= 4 is 57.9 Å². The molecule has 2 N–H and O–H groups in total. The van der Waals surface area contributed by atoms with E-state index >= 15 is 0 Å². The summed E-state index contributed by atoms with van der Waals surface area (Å²) < 4.78 is 13.7. The Kier molecular flexibility index (Phi) is 4.45. The molecule has 0 aliphatic heterocycles. The van der Waals surface area contributed by atoms with E-state index in [1.807, 2.05) is 0 Å². The fraction of sp³-hybridized carbons (Fsp3) is 0. The molecule has 20 heavy (non-hydrogen) atoms. The number of hydrogen-bond donors (Lipinski definition) is 1. The molecule has 0 saturated carbocycles. The van der Waals surface area contributed by atoms with Crippen molar-refractivity contribution < 1.29 is 9.18 Å². The Hall–Kier alpha value is -1.000. The Labute approximate surface area is 134 Å². The lowest BCUT2D eigenvalue weighted by atomic mass is 10.0. The molecule has 104 valence electrons. The maximum atomic E-state index is 13.7. The van der Waals surface area contributed by atoms with Gasteiger partial charge in [-0.1, -0.05) is 46.4 Å². The number of halogens is 5. The normalized spacial score (nSPS) is 10.7. The van der Waals surface area contributed by atoms with Crippen molar-refractivity contribution in [3.8, 4) is 0 Å². The number of carbonyl (C=O) groups excluding carboxylic acids is 1. The van der Waals surface area contributed by atoms with Crippen molar-refractivity contribution in [1.82, 2.24) is 0 Å². The summed E-state index contributed by atoms with van der Waals surface area (Å²) in [6.45, 7) is 0. The molecule has 0 aromatic heterocycles. The molecule has 0 heterocycles. The summed E-state index contributed by atoms with van der Waals surface area (Å²) in [5, 5.41) is -0.0659. The first kappa shape index (κ1) is 15.4. The molecular formula is C13H6Cl4FNO. The molecule has 0 bridgehead atoms. The van der Waals surface area contributed by atoms with Crippen molar-refractivity contribution in [1.29, 1.82) is 0 Å². The average molecular weight is 353 g/mol. The van der Waals surface area contributed by atoms with Gasteiger partial charge in [-0.15, -0.1) is 0 Å². The van der Waals surface area contributed by atoms with E-state index in [1.165, 1.54) is 18.2 Å². The van der Waals surface area contributed by atoms with Gasteiger partial charge in [0, 0.05) is 5.69 Å². The molecule has 2 aromatic rings. The van der Waals surface area contributed by atoms with E-state index in [0.717, 1.165) is 6.07 Å². The van der Waals surface area contributed by atoms with Gasteiger partial charge in [-0.25, -0.2) is 4.39 Å². The van der Waals surface area contributed by atoms with E-state index in [0.29, 0.717) is 0 Å². The number of rotatable bonds is 2. The van der Waals surface area contributed by atoms with Crippen LogP contribution in [0.2, 0.25) is 20.1 Å². The number of carbonyl (C=O) groups is 1. The van der Waals surface area contributed by atoms with E-state index in [-0.39, 0.29) is 36.9 Å². The molecule has 2 nitrogen and oxygen atoms in total. The van der Waals surface area contributed by atoms with Gasteiger partial charge in [-0.2, -0.15) is 0 Å². The standard InChI is InChI=1S/C13H6Cl4FNO/c14-7-4-8(15)11(16)12(17)10(7)13(20)6-3-5(19)1-2-9(6)18/h1-4H,19H2. The summed E-state index contributed by atoms with van der Waals surface area (Å²) in [4.78, 5) is 12.4. The summed E-state index contributed by atoms with van der Waals surface area (Å²) in [6, 6.07) is 4.90. The number of ketones is 1. The van der Waals surface area contributed by atoms with Crippen LogP contribution in [0.1, 0.15) is 15.9 Å². The first-order valence-corrected chi connectivity index (χ1v) is 6.76. The van der Waals surface area contributed by atoms with Crippen LogP contribution in [-0.4, -0.2) is 5.78 Å². The van der Waals surface area contributed by atoms with Crippen LogP contribution in [0.25, 0.3) is 0 Å². The van der Waals surface area contributed by atoms with Gasteiger partial charge in [0.15, 0.2) is 5.78 Å². The van der Waals surface area contributed by atoms with Crippen LogP contribution in [0.3, 0.4) is 0 Å². The lowest BCUT2D eigenvalue weighted by molar-refractivity contribution is 0.103. The topological polar surface area (TPSA) is 43.1 Å². The van der Waals surface area contributed by atoms with Gasteiger partial charge in [0.25, 0.3) is 0 Å². The van der Waals surface area contributed by atoms with E-state index in [4.69, 9.17) is 52.1 Å². The largest absolute Gasteiger partial charge is 0.399 e. The molecule has 2 rings (SSSR count). The summed E-state index contributed by atoms with van der Waals surface area (Å²) >= 11 is 23.6. The summed E-state index contributed by atoms with van der Waals surface area (Å²) in [5.74, 6) is -1.45. The van der Waals surface area contributed by atoms with Crippen LogP contribution in [0, 0.1) is 5.82 Å². The van der Waals surface area contributed by atoms with E-state index < -0.39 is 11.6 Å². The molecule has 0 radical (unpaired) electrons. The zero-order valence-corrected chi connectivity index (χ0v) is 12.7. The SMILES string of the molecule is Nc1ccc(F)c(C(=O)c2c(Cl)cc(Cl)c(Cl)c2Cl)c1. The van der Waals surface area contributed by atoms with Crippen molar-refractivity contribution in [2.45, 2.75) is 0 Å². The predicted octanol–water partition coefficient (Wildman–Crippen LogP) is 5.25. The number of hydrogen-bond acceptors (Lipinski definition) is 2. The number of anilines is 1. The monoisotopic (exact) mass is 351 g/mol. The molecule has 0 atom stereocenters. The second-order valence-corrected chi connectivity index (χ2v) is 5.48. The first-order valence-electron chi connectivity index (χ1n) is 5.25. The van der Waals surface area contributed by atoms with Crippen molar-refractivity contribution in [2.24, 2.45) is 0 Å². The third-order valence-electron chi connectivity index (χ3n) is 2.58. The van der Waals surface area contributed by atoms with Crippen LogP contribution in [0.5, 0.6) is 0 Å². The van der Waals surface area contributed by atoms with E-state index in [2.05, 4.69) is 0 Å². The van der Waals surface area contributed by atoms with Gasteiger partial charge in [0.2, 0.25) is 0 Å². The zero-order chi connectivity index (χ0) is 15.0. The van der Waals surface area contributed by atoms with E-state index in [9.17, 15) is 9.18 Å². The predicted molar refractivity (Wildman–Crippen MR) is 80.7 cm³/mol. The van der Waals surface area contributed by atoms with Crippen LogP contribution in [0.4, 0.5) is 10.1 Å². The lowest BCUT2D eigenvalue weighted by Crippen LogP contribution is -2.07.